The van der Waals surface area contributed by atoms with Crippen LogP contribution in [0.3, 0.4) is 0 Å². The first-order valence-corrected chi connectivity index (χ1v) is 12.3. The molecule has 0 aliphatic heterocycles. The lowest BCUT2D eigenvalue weighted by atomic mass is 9.99. The van der Waals surface area contributed by atoms with Crippen LogP contribution in [0.1, 0.15) is 49.0 Å². The number of anilines is 1. The van der Waals surface area contributed by atoms with Crippen molar-refractivity contribution in [2.45, 2.75) is 44.7 Å². The molecule has 1 aliphatic rings. The van der Waals surface area contributed by atoms with Gasteiger partial charge < -0.3 is 15.5 Å². The van der Waals surface area contributed by atoms with E-state index in [0.29, 0.717) is 17.1 Å². The Morgan fingerprint density at radius 3 is 2.47 bits per heavy atom. The van der Waals surface area contributed by atoms with Gasteiger partial charge in [-0.1, -0.05) is 50.2 Å². The minimum Gasteiger partial charge on any atom is -0.417 e. The lowest BCUT2D eigenvalue weighted by Gasteiger charge is -2.20. The number of ketones is 1. The Hall–Kier alpha value is -4.67. The summed E-state index contributed by atoms with van der Waals surface area (Å²) >= 11 is 0. The molecule has 194 valence electrons. The molecule has 1 aromatic carbocycles. The van der Waals surface area contributed by atoms with Gasteiger partial charge in [0.1, 0.15) is 6.54 Å². The first-order valence-electron chi connectivity index (χ1n) is 12.3. The predicted octanol–water partition coefficient (Wildman–Crippen LogP) is 2.37. The zero-order valence-corrected chi connectivity index (χ0v) is 21.0. The summed E-state index contributed by atoms with van der Waals surface area (Å²) in [6, 6.07) is 13.7. The second-order valence-electron chi connectivity index (χ2n) is 9.65. The number of nitrogens with zero attached hydrogens (tertiary/aromatic N) is 5. The van der Waals surface area contributed by atoms with Crippen molar-refractivity contribution < 1.29 is 14.0 Å². The fourth-order valence-electron chi connectivity index (χ4n) is 4.40. The third kappa shape index (κ3) is 4.70. The molecule has 1 aliphatic carbocycles. The van der Waals surface area contributed by atoms with Crippen LogP contribution in [0.25, 0.3) is 11.3 Å². The van der Waals surface area contributed by atoms with Crippen molar-refractivity contribution in [1.29, 1.82) is 0 Å². The third-order valence-corrected chi connectivity index (χ3v) is 6.67. The van der Waals surface area contributed by atoms with Gasteiger partial charge in [0.2, 0.25) is 17.6 Å². The number of hydrogen-bond donors (Lipinski definition) is 2. The highest BCUT2D eigenvalue weighted by molar-refractivity contribution is 5.98. The number of Topliss-reactive ketones (excluding diaryl/α,β-unsaturated/α-hetero) is 1. The zero-order valence-electron chi connectivity index (χ0n) is 21.0. The number of nitrogens with two attached hydrogens (primary N) is 1. The normalized spacial score (nSPS) is 14.7. The Labute approximate surface area is 218 Å². The van der Waals surface area contributed by atoms with Crippen molar-refractivity contribution in [1.82, 2.24) is 30.0 Å². The largest absolute Gasteiger partial charge is 0.417 e. The monoisotopic (exact) mass is 513 g/mol. The van der Waals surface area contributed by atoms with E-state index in [1.54, 1.807) is 32.2 Å². The van der Waals surface area contributed by atoms with Gasteiger partial charge in [-0.3, -0.25) is 23.9 Å². The van der Waals surface area contributed by atoms with Crippen LogP contribution in [0.5, 0.6) is 0 Å². The Morgan fingerprint density at radius 2 is 1.82 bits per heavy atom. The molecule has 0 spiro atoms. The summed E-state index contributed by atoms with van der Waals surface area (Å²) in [6.07, 6.45) is 4.72. The van der Waals surface area contributed by atoms with Crippen LogP contribution in [0.2, 0.25) is 0 Å². The van der Waals surface area contributed by atoms with Crippen LogP contribution in [-0.4, -0.2) is 42.5 Å². The van der Waals surface area contributed by atoms with Crippen molar-refractivity contribution in [3.63, 3.8) is 0 Å². The standard InChI is InChI=1S/C27H27N7O4/c1-16(2)21(22(36)24-32-33-26(38-24)27(11-12-27)19-10-6-7-13-29-19)31-20(35)15-34-18(14-30-23(28)25(34)37)17-8-4-3-5-9-17/h3-10,13-14,16,21H,11-12,15H2,1-2H3,(H2,28,30)(H,31,35)/t21-/m1/s1. The molecule has 4 aromatic rings. The quantitative estimate of drug-likeness (QED) is 0.320. The summed E-state index contributed by atoms with van der Waals surface area (Å²) in [5.41, 5.74) is 6.59. The van der Waals surface area contributed by atoms with E-state index in [2.05, 4.69) is 25.5 Å². The minimum atomic E-state index is -0.948. The van der Waals surface area contributed by atoms with E-state index in [-0.39, 0.29) is 24.2 Å². The Kier molecular flexibility index (Phi) is 6.58. The number of nitrogen functional groups attached to an aromatic ring is 1. The predicted molar refractivity (Wildman–Crippen MR) is 138 cm³/mol. The molecule has 11 heteroatoms. The number of pyridine rings is 1. The number of amides is 1. The SMILES string of the molecule is CC(C)[C@@H](NC(=O)Cn1c(-c2ccccc2)cnc(N)c1=O)C(=O)c1nnc(C2(c3ccccn3)CC2)o1. The van der Waals surface area contributed by atoms with E-state index in [0.717, 1.165) is 18.5 Å². The fourth-order valence-corrected chi connectivity index (χ4v) is 4.40. The van der Waals surface area contributed by atoms with Crippen molar-refractivity contribution in [3.05, 3.63) is 88.8 Å². The molecule has 0 saturated heterocycles. The molecule has 0 bridgehead atoms. The summed E-state index contributed by atoms with van der Waals surface area (Å²) in [5, 5.41) is 10.9. The van der Waals surface area contributed by atoms with Crippen molar-refractivity contribution >= 4 is 17.5 Å². The fraction of sp³-hybridized carbons (Fsp3) is 0.296. The van der Waals surface area contributed by atoms with Crippen molar-refractivity contribution in [3.8, 4) is 11.3 Å². The van der Waals surface area contributed by atoms with Gasteiger partial charge in [0.15, 0.2) is 5.82 Å². The molecule has 0 unspecified atom stereocenters. The topological polar surface area (TPSA) is 159 Å². The molecule has 1 fully saturated rings. The maximum Gasteiger partial charge on any atom is 0.294 e. The van der Waals surface area contributed by atoms with Gasteiger partial charge in [-0.15, -0.1) is 10.2 Å². The molecule has 11 nitrogen and oxygen atoms in total. The van der Waals surface area contributed by atoms with Crippen LogP contribution in [0.15, 0.2) is 70.1 Å². The van der Waals surface area contributed by atoms with Crippen LogP contribution in [-0.2, 0) is 16.8 Å². The Bertz CT molecular complexity index is 1530. The number of aromatic nitrogens is 5. The van der Waals surface area contributed by atoms with Gasteiger partial charge in [-0.25, -0.2) is 4.98 Å². The number of nitrogens with one attached hydrogen (secondary N) is 1. The molecule has 3 aromatic heterocycles. The molecule has 3 heterocycles. The summed E-state index contributed by atoms with van der Waals surface area (Å²) in [7, 11) is 0. The van der Waals surface area contributed by atoms with Gasteiger partial charge in [0.25, 0.3) is 11.4 Å². The van der Waals surface area contributed by atoms with E-state index in [9.17, 15) is 14.4 Å². The average Bonchev–Trinajstić information content (AvgIpc) is 3.59. The molecular formula is C27H27N7O4. The molecule has 0 radical (unpaired) electrons. The Morgan fingerprint density at radius 1 is 1.08 bits per heavy atom. The number of hydrogen-bond acceptors (Lipinski definition) is 9. The van der Waals surface area contributed by atoms with Crippen molar-refractivity contribution in [2.24, 2.45) is 5.92 Å². The lowest BCUT2D eigenvalue weighted by molar-refractivity contribution is -0.122. The molecule has 1 saturated carbocycles. The van der Waals surface area contributed by atoms with Gasteiger partial charge in [0, 0.05) is 6.20 Å². The summed E-state index contributed by atoms with van der Waals surface area (Å²) in [6.45, 7) is 3.23. The van der Waals surface area contributed by atoms with Crippen LogP contribution in [0, 0.1) is 5.92 Å². The second kappa shape index (κ2) is 10.0. The van der Waals surface area contributed by atoms with E-state index in [1.807, 2.05) is 36.4 Å². The maximum absolute atomic E-state index is 13.4. The highest BCUT2D eigenvalue weighted by Crippen LogP contribution is 2.52. The van der Waals surface area contributed by atoms with E-state index in [4.69, 9.17) is 10.2 Å². The molecular weight excluding hydrogens is 486 g/mol. The second-order valence-corrected chi connectivity index (χ2v) is 9.65. The molecule has 38 heavy (non-hydrogen) atoms. The maximum atomic E-state index is 13.4. The number of benzene rings is 1. The van der Waals surface area contributed by atoms with Gasteiger partial charge in [-0.2, -0.15) is 0 Å². The van der Waals surface area contributed by atoms with Crippen molar-refractivity contribution in [2.75, 3.05) is 5.73 Å². The van der Waals surface area contributed by atoms with Gasteiger partial charge >= 0.3 is 0 Å². The number of carbonyl (C=O) groups excluding carboxylic acids is 2. The van der Waals surface area contributed by atoms with E-state index < -0.39 is 28.7 Å². The minimum absolute atomic E-state index is 0.184. The average molecular weight is 514 g/mol. The van der Waals surface area contributed by atoms with E-state index >= 15 is 0 Å². The highest BCUT2D eigenvalue weighted by Gasteiger charge is 2.52. The van der Waals surface area contributed by atoms with Crippen LogP contribution in [0.4, 0.5) is 5.82 Å². The first kappa shape index (κ1) is 25.0. The number of rotatable bonds is 9. The van der Waals surface area contributed by atoms with E-state index in [1.165, 1.54) is 10.8 Å². The molecule has 3 N–H and O–H groups in total. The lowest BCUT2D eigenvalue weighted by Crippen LogP contribution is -2.46. The first-order chi connectivity index (χ1) is 18.3. The van der Waals surface area contributed by atoms with Crippen LogP contribution >= 0.6 is 0 Å². The molecule has 5 rings (SSSR count). The Balaban J connectivity index is 1.36. The summed E-state index contributed by atoms with van der Waals surface area (Å²) in [4.78, 5) is 47.6. The highest BCUT2D eigenvalue weighted by atomic mass is 16.4. The molecule has 1 amide bonds. The molecule has 1 atom stereocenters. The third-order valence-electron chi connectivity index (χ3n) is 6.67. The smallest absolute Gasteiger partial charge is 0.294 e. The summed E-state index contributed by atoms with van der Waals surface area (Å²) in [5.74, 6) is -1.42. The van der Waals surface area contributed by atoms with Crippen LogP contribution < -0.4 is 16.6 Å². The van der Waals surface area contributed by atoms with Gasteiger partial charge in [-0.05, 0) is 36.5 Å². The summed E-state index contributed by atoms with van der Waals surface area (Å²) < 4.78 is 7.07. The zero-order chi connectivity index (χ0) is 26.9. The van der Waals surface area contributed by atoms with Gasteiger partial charge in [0.05, 0.1) is 29.0 Å². The number of carbonyl (C=O) groups is 2.